The Balaban J connectivity index is 2.63. The number of carbonyl (C=O) groups excluding carboxylic acids is 1. The summed E-state index contributed by atoms with van der Waals surface area (Å²) >= 11 is 7.59. The number of thioether (sulfide) groups is 1. The average Bonchev–Trinajstić information content (AvgIpc) is 2.35. The highest BCUT2D eigenvalue weighted by Gasteiger charge is 2.17. The second kappa shape index (κ2) is 7.72. The van der Waals surface area contributed by atoms with Crippen molar-refractivity contribution in [1.82, 2.24) is 5.32 Å². The van der Waals surface area contributed by atoms with E-state index in [0.717, 1.165) is 5.75 Å². The topological polar surface area (TPSA) is 55.1 Å². The Morgan fingerprint density at radius 3 is 2.84 bits per heavy atom. The zero-order valence-electron chi connectivity index (χ0n) is 11.0. The molecule has 0 spiro atoms. The van der Waals surface area contributed by atoms with Crippen LogP contribution in [0.4, 0.5) is 4.39 Å². The lowest BCUT2D eigenvalue weighted by molar-refractivity contribution is -0.123. The monoisotopic (exact) mass is 304 g/mol. The van der Waals surface area contributed by atoms with Gasteiger partial charge in [0, 0.05) is 5.02 Å². The van der Waals surface area contributed by atoms with E-state index in [1.165, 1.54) is 12.1 Å². The van der Waals surface area contributed by atoms with E-state index in [1.54, 1.807) is 24.8 Å². The molecule has 0 aliphatic heterocycles. The molecule has 6 heteroatoms. The first-order valence-corrected chi connectivity index (χ1v) is 7.72. The third-order valence-electron chi connectivity index (χ3n) is 2.76. The van der Waals surface area contributed by atoms with Gasteiger partial charge in [-0.25, -0.2) is 4.39 Å². The predicted molar refractivity (Wildman–Crippen MR) is 78.9 cm³/mol. The highest BCUT2D eigenvalue weighted by Crippen LogP contribution is 2.23. The molecule has 1 unspecified atom stereocenters. The Bertz CT molecular complexity index is 445. The van der Waals surface area contributed by atoms with Gasteiger partial charge in [-0.3, -0.25) is 4.79 Å². The predicted octanol–water partition coefficient (Wildman–Crippen LogP) is 2.74. The molecule has 106 valence electrons. The molecule has 1 aromatic carbocycles. The van der Waals surface area contributed by atoms with Gasteiger partial charge in [-0.2, -0.15) is 11.8 Å². The Kier molecular flexibility index (Phi) is 6.62. The van der Waals surface area contributed by atoms with Crippen molar-refractivity contribution in [2.24, 2.45) is 5.73 Å². The van der Waals surface area contributed by atoms with Gasteiger partial charge in [-0.15, -0.1) is 0 Å². The molecular weight excluding hydrogens is 287 g/mol. The standard InChI is InChI=1S/C13H18ClFN2OS/c1-8(10-4-3-9(15)7-11(10)14)17-13(18)12(16)5-6-19-2/h3-4,7-8,12H,5-6,16H2,1-2H3,(H,17,18)/t8?,12-/m0/s1. The second-order valence-electron chi connectivity index (χ2n) is 4.28. The van der Waals surface area contributed by atoms with Gasteiger partial charge in [0.05, 0.1) is 12.1 Å². The fourth-order valence-electron chi connectivity index (χ4n) is 1.63. The summed E-state index contributed by atoms with van der Waals surface area (Å²) in [5.74, 6) is 0.214. The zero-order chi connectivity index (χ0) is 14.4. The van der Waals surface area contributed by atoms with E-state index in [9.17, 15) is 9.18 Å². The van der Waals surface area contributed by atoms with Crippen molar-refractivity contribution in [2.45, 2.75) is 25.4 Å². The summed E-state index contributed by atoms with van der Waals surface area (Å²) in [5.41, 5.74) is 6.45. The summed E-state index contributed by atoms with van der Waals surface area (Å²) in [6.07, 6.45) is 2.59. The van der Waals surface area contributed by atoms with Crippen LogP contribution in [0.5, 0.6) is 0 Å². The average molecular weight is 305 g/mol. The van der Waals surface area contributed by atoms with Crippen LogP contribution in [0.2, 0.25) is 5.02 Å². The molecule has 1 aromatic rings. The fourth-order valence-corrected chi connectivity index (χ4v) is 2.45. The summed E-state index contributed by atoms with van der Waals surface area (Å²) < 4.78 is 12.9. The van der Waals surface area contributed by atoms with Gasteiger partial charge in [0.1, 0.15) is 5.82 Å². The van der Waals surface area contributed by atoms with Crippen LogP contribution in [0.1, 0.15) is 24.9 Å². The minimum Gasteiger partial charge on any atom is -0.348 e. The third-order valence-corrected chi connectivity index (χ3v) is 3.73. The number of amides is 1. The third kappa shape index (κ3) is 5.01. The lowest BCUT2D eigenvalue weighted by atomic mass is 10.1. The Morgan fingerprint density at radius 1 is 1.58 bits per heavy atom. The summed E-state index contributed by atoms with van der Waals surface area (Å²) in [6.45, 7) is 1.79. The van der Waals surface area contributed by atoms with Crippen LogP contribution >= 0.6 is 23.4 Å². The van der Waals surface area contributed by atoms with Crippen LogP contribution in [-0.2, 0) is 4.79 Å². The van der Waals surface area contributed by atoms with Gasteiger partial charge in [-0.1, -0.05) is 17.7 Å². The molecular formula is C13H18ClFN2OS. The Labute approximate surface area is 122 Å². The number of nitrogens with one attached hydrogen (secondary N) is 1. The largest absolute Gasteiger partial charge is 0.348 e. The van der Waals surface area contributed by atoms with Crippen LogP contribution < -0.4 is 11.1 Å². The number of hydrogen-bond donors (Lipinski definition) is 2. The molecule has 19 heavy (non-hydrogen) atoms. The molecule has 0 aromatic heterocycles. The first kappa shape index (κ1) is 16.3. The molecule has 3 N–H and O–H groups in total. The van der Waals surface area contributed by atoms with Gasteiger partial charge < -0.3 is 11.1 Å². The van der Waals surface area contributed by atoms with E-state index in [0.29, 0.717) is 17.0 Å². The van der Waals surface area contributed by atoms with Gasteiger partial charge in [0.15, 0.2) is 0 Å². The SMILES string of the molecule is CSCC[C@H](N)C(=O)NC(C)c1ccc(F)cc1Cl. The highest BCUT2D eigenvalue weighted by molar-refractivity contribution is 7.98. The van der Waals surface area contributed by atoms with Crippen LogP contribution in [-0.4, -0.2) is 24.0 Å². The highest BCUT2D eigenvalue weighted by atomic mass is 35.5. The molecule has 1 rings (SSSR count). The van der Waals surface area contributed by atoms with E-state index in [-0.39, 0.29) is 11.9 Å². The first-order chi connectivity index (χ1) is 8.95. The number of rotatable bonds is 6. The number of nitrogens with two attached hydrogens (primary N) is 1. The van der Waals surface area contributed by atoms with E-state index in [2.05, 4.69) is 5.32 Å². The maximum absolute atomic E-state index is 12.9. The van der Waals surface area contributed by atoms with E-state index in [1.807, 2.05) is 6.26 Å². The molecule has 0 aliphatic rings. The second-order valence-corrected chi connectivity index (χ2v) is 5.68. The van der Waals surface area contributed by atoms with Gasteiger partial charge >= 0.3 is 0 Å². The molecule has 0 radical (unpaired) electrons. The van der Waals surface area contributed by atoms with Crippen molar-refractivity contribution < 1.29 is 9.18 Å². The summed E-state index contributed by atoms with van der Waals surface area (Å²) in [4.78, 5) is 11.8. The molecule has 0 heterocycles. The van der Waals surface area contributed by atoms with Crippen molar-refractivity contribution in [3.63, 3.8) is 0 Å². The lowest BCUT2D eigenvalue weighted by Gasteiger charge is -2.18. The summed E-state index contributed by atoms with van der Waals surface area (Å²) in [5, 5.41) is 3.08. The summed E-state index contributed by atoms with van der Waals surface area (Å²) in [6, 6.07) is 3.27. The van der Waals surface area contributed by atoms with Crippen molar-refractivity contribution in [3.05, 3.63) is 34.6 Å². The molecule has 1 amide bonds. The van der Waals surface area contributed by atoms with E-state index < -0.39 is 11.9 Å². The normalized spacial score (nSPS) is 13.9. The van der Waals surface area contributed by atoms with Crippen molar-refractivity contribution >= 4 is 29.3 Å². The van der Waals surface area contributed by atoms with Crippen LogP contribution in [0, 0.1) is 5.82 Å². The molecule has 0 bridgehead atoms. The fraction of sp³-hybridized carbons (Fsp3) is 0.462. The first-order valence-electron chi connectivity index (χ1n) is 5.95. The van der Waals surface area contributed by atoms with E-state index >= 15 is 0 Å². The molecule has 0 saturated heterocycles. The maximum Gasteiger partial charge on any atom is 0.237 e. The minimum atomic E-state index is -0.533. The van der Waals surface area contributed by atoms with Crippen LogP contribution in [0.3, 0.4) is 0 Å². The number of benzene rings is 1. The van der Waals surface area contributed by atoms with Gasteiger partial charge in [0.2, 0.25) is 5.91 Å². The van der Waals surface area contributed by atoms with Crippen LogP contribution in [0.15, 0.2) is 18.2 Å². The molecule has 2 atom stereocenters. The van der Waals surface area contributed by atoms with Gasteiger partial charge in [-0.05, 0) is 43.0 Å². The lowest BCUT2D eigenvalue weighted by Crippen LogP contribution is -2.42. The number of hydrogen-bond acceptors (Lipinski definition) is 3. The van der Waals surface area contributed by atoms with Gasteiger partial charge in [0.25, 0.3) is 0 Å². The molecule has 3 nitrogen and oxygen atoms in total. The van der Waals surface area contributed by atoms with Crippen LogP contribution in [0.25, 0.3) is 0 Å². The Morgan fingerprint density at radius 2 is 2.26 bits per heavy atom. The molecule has 0 fully saturated rings. The van der Waals surface area contributed by atoms with Crippen molar-refractivity contribution in [1.29, 1.82) is 0 Å². The minimum absolute atomic E-state index is 0.220. The maximum atomic E-state index is 12.9. The number of carbonyl (C=O) groups is 1. The Hall–Kier alpha value is -0.780. The zero-order valence-corrected chi connectivity index (χ0v) is 12.5. The summed E-state index contributed by atoms with van der Waals surface area (Å²) in [7, 11) is 0. The quantitative estimate of drug-likeness (QED) is 0.849. The smallest absolute Gasteiger partial charge is 0.237 e. The molecule has 0 aliphatic carbocycles. The number of halogens is 2. The van der Waals surface area contributed by atoms with E-state index in [4.69, 9.17) is 17.3 Å². The van der Waals surface area contributed by atoms with Crippen molar-refractivity contribution in [3.8, 4) is 0 Å². The van der Waals surface area contributed by atoms with Crippen molar-refractivity contribution in [2.75, 3.05) is 12.0 Å². The molecule has 0 saturated carbocycles.